The largest absolute Gasteiger partial charge is 0.310 e. The van der Waals surface area contributed by atoms with Gasteiger partial charge in [-0.1, -0.05) is 30.0 Å². The first-order chi connectivity index (χ1) is 9.31. The first kappa shape index (κ1) is 12.7. The molecular formula is C16H18N2S. The Kier molecular flexibility index (Phi) is 3.85. The van der Waals surface area contributed by atoms with Gasteiger partial charge in [-0.15, -0.1) is 0 Å². The molecule has 0 amide bonds. The molecule has 3 rings (SSSR count). The average molecular weight is 270 g/mol. The van der Waals surface area contributed by atoms with Crippen molar-refractivity contribution in [2.75, 3.05) is 0 Å². The smallest absolute Gasteiger partial charge is 0.101 e. The summed E-state index contributed by atoms with van der Waals surface area (Å²) in [4.78, 5) is 5.64. The first-order valence-corrected chi connectivity index (χ1v) is 7.55. The third-order valence-corrected chi connectivity index (χ3v) is 4.39. The maximum absolute atomic E-state index is 4.36. The van der Waals surface area contributed by atoms with E-state index < -0.39 is 0 Å². The van der Waals surface area contributed by atoms with E-state index in [-0.39, 0.29) is 0 Å². The monoisotopic (exact) mass is 270 g/mol. The Balaban J connectivity index is 1.68. The van der Waals surface area contributed by atoms with Crippen LogP contribution in [0.2, 0.25) is 0 Å². The quantitative estimate of drug-likeness (QED) is 0.894. The van der Waals surface area contributed by atoms with Crippen LogP contribution < -0.4 is 5.32 Å². The summed E-state index contributed by atoms with van der Waals surface area (Å²) in [5.41, 5.74) is 2.69. The lowest BCUT2D eigenvalue weighted by Gasteiger charge is -2.08. The van der Waals surface area contributed by atoms with Gasteiger partial charge in [0.05, 0.1) is 0 Å². The van der Waals surface area contributed by atoms with E-state index >= 15 is 0 Å². The minimum Gasteiger partial charge on any atom is -0.310 e. The lowest BCUT2D eigenvalue weighted by atomic mass is 10.1. The van der Waals surface area contributed by atoms with Crippen molar-refractivity contribution in [3.05, 3.63) is 53.7 Å². The molecular weight excluding hydrogens is 252 g/mol. The zero-order valence-electron chi connectivity index (χ0n) is 11.1. The van der Waals surface area contributed by atoms with E-state index in [9.17, 15) is 0 Å². The molecule has 0 saturated heterocycles. The molecule has 1 fully saturated rings. The van der Waals surface area contributed by atoms with Crippen LogP contribution >= 0.6 is 11.8 Å². The van der Waals surface area contributed by atoms with E-state index in [1.807, 2.05) is 24.4 Å². The highest BCUT2D eigenvalue weighted by Crippen LogP contribution is 2.29. The van der Waals surface area contributed by atoms with Gasteiger partial charge in [-0.3, -0.25) is 0 Å². The van der Waals surface area contributed by atoms with Crippen LogP contribution in [-0.4, -0.2) is 11.0 Å². The topological polar surface area (TPSA) is 24.9 Å². The fraction of sp³-hybridized carbons (Fsp3) is 0.312. The van der Waals surface area contributed by atoms with Crippen molar-refractivity contribution in [2.24, 2.45) is 0 Å². The normalized spacial score (nSPS) is 14.6. The van der Waals surface area contributed by atoms with Crippen molar-refractivity contribution < 1.29 is 0 Å². The van der Waals surface area contributed by atoms with Crippen LogP contribution in [0.15, 0.2) is 52.5 Å². The van der Waals surface area contributed by atoms with Gasteiger partial charge in [-0.05, 0) is 49.1 Å². The molecule has 1 aliphatic rings. The molecule has 0 radical (unpaired) electrons. The predicted octanol–water partition coefficient (Wildman–Crippen LogP) is 3.79. The van der Waals surface area contributed by atoms with E-state index in [0.717, 1.165) is 17.6 Å². The number of hydrogen-bond donors (Lipinski definition) is 1. The molecule has 1 N–H and O–H groups in total. The number of aryl methyl sites for hydroxylation is 1. The van der Waals surface area contributed by atoms with Crippen molar-refractivity contribution in [2.45, 2.75) is 42.3 Å². The summed E-state index contributed by atoms with van der Waals surface area (Å²) in [6, 6.07) is 13.5. The Morgan fingerprint density at radius 3 is 2.84 bits per heavy atom. The van der Waals surface area contributed by atoms with Gasteiger partial charge in [-0.2, -0.15) is 0 Å². The summed E-state index contributed by atoms with van der Waals surface area (Å²) < 4.78 is 0. The van der Waals surface area contributed by atoms with Gasteiger partial charge in [0.1, 0.15) is 5.03 Å². The second kappa shape index (κ2) is 5.76. The van der Waals surface area contributed by atoms with Crippen LogP contribution in [0.25, 0.3) is 0 Å². The highest BCUT2D eigenvalue weighted by atomic mass is 32.2. The Morgan fingerprint density at radius 2 is 2.16 bits per heavy atom. The number of benzene rings is 1. The lowest BCUT2D eigenvalue weighted by molar-refractivity contribution is 0.687. The number of hydrogen-bond acceptors (Lipinski definition) is 3. The van der Waals surface area contributed by atoms with Crippen LogP contribution in [0.3, 0.4) is 0 Å². The fourth-order valence-corrected chi connectivity index (χ4v) is 2.85. The van der Waals surface area contributed by atoms with Crippen LogP contribution in [0, 0.1) is 6.92 Å². The standard InChI is InChI=1S/C16H18N2S/c1-12-10-13(11-18-14-6-7-14)5-8-15(12)19-16-4-2-3-9-17-16/h2-5,8-10,14,18H,6-7,11H2,1H3. The maximum atomic E-state index is 4.36. The van der Waals surface area contributed by atoms with Gasteiger partial charge >= 0.3 is 0 Å². The Hall–Kier alpha value is -1.32. The van der Waals surface area contributed by atoms with Crippen LogP contribution in [0.1, 0.15) is 24.0 Å². The van der Waals surface area contributed by atoms with Gasteiger partial charge in [0.15, 0.2) is 0 Å². The number of aromatic nitrogens is 1. The minimum absolute atomic E-state index is 0.767. The van der Waals surface area contributed by atoms with Crippen LogP contribution in [0.5, 0.6) is 0 Å². The van der Waals surface area contributed by atoms with Gasteiger partial charge in [-0.25, -0.2) is 4.98 Å². The predicted molar refractivity (Wildman–Crippen MR) is 79.4 cm³/mol. The highest BCUT2D eigenvalue weighted by molar-refractivity contribution is 7.99. The van der Waals surface area contributed by atoms with Crippen molar-refractivity contribution in [3.8, 4) is 0 Å². The van der Waals surface area contributed by atoms with E-state index in [1.165, 1.54) is 28.9 Å². The van der Waals surface area contributed by atoms with Crippen molar-refractivity contribution >= 4 is 11.8 Å². The van der Waals surface area contributed by atoms with Gasteiger partial charge < -0.3 is 5.32 Å². The van der Waals surface area contributed by atoms with Gasteiger partial charge in [0, 0.05) is 23.7 Å². The third kappa shape index (κ3) is 3.58. The molecule has 2 nitrogen and oxygen atoms in total. The molecule has 1 aromatic carbocycles. The van der Waals surface area contributed by atoms with Crippen molar-refractivity contribution in [1.82, 2.24) is 10.3 Å². The number of nitrogens with zero attached hydrogens (tertiary/aromatic N) is 1. The van der Waals surface area contributed by atoms with E-state index in [4.69, 9.17) is 0 Å². The second-order valence-corrected chi connectivity index (χ2v) is 6.09. The van der Waals surface area contributed by atoms with E-state index in [1.54, 1.807) is 11.8 Å². The Labute approximate surface area is 118 Å². The fourth-order valence-electron chi connectivity index (χ4n) is 2.01. The van der Waals surface area contributed by atoms with Crippen LogP contribution in [0.4, 0.5) is 0 Å². The maximum Gasteiger partial charge on any atom is 0.101 e. The number of rotatable bonds is 5. The zero-order chi connectivity index (χ0) is 13.1. The first-order valence-electron chi connectivity index (χ1n) is 6.73. The van der Waals surface area contributed by atoms with Gasteiger partial charge in [0.2, 0.25) is 0 Å². The Morgan fingerprint density at radius 1 is 1.26 bits per heavy atom. The average Bonchev–Trinajstić information content (AvgIpc) is 3.25. The third-order valence-electron chi connectivity index (χ3n) is 3.26. The van der Waals surface area contributed by atoms with E-state index in [0.29, 0.717) is 0 Å². The van der Waals surface area contributed by atoms with Gasteiger partial charge in [0.25, 0.3) is 0 Å². The second-order valence-electron chi connectivity index (χ2n) is 5.03. The molecule has 0 spiro atoms. The molecule has 3 heteroatoms. The van der Waals surface area contributed by atoms with Crippen molar-refractivity contribution in [1.29, 1.82) is 0 Å². The molecule has 98 valence electrons. The molecule has 1 aromatic heterocycles. The molecule has 0 aliphatic heterocycles. The summed E-state index contributed by atoms with van der Waals surface area (Å²) in [6.07, 6.45) is 4.52. The molecule has 0 atom stereocenters. The van der Waals surface area contributed by atoms with Crippen LogP contribution in [-0.2, 0) is 6.54 Å². The molecule has 19 heavy (non-hydrogen) atoms. The van der Waals surface area contributed by atoms with Crippen molar-refractivity contribution in [3.63, 3.8) is 0 Å². The Bertz CT molecular complexity index is 550. The summed E-state index contributed by atoms with van der Waals surface area (Å²) in [7, 11) is 0. The summed E-state index contributed by atoms with van der Waals surface area (Å²) in [5, 5.41) is 4.60. The molecule has 1 heterocycles. The molecule has 2 aromatic rings. The molecule has 1 aliphatic carbocycles. The molecule has 0 unspecified atom stereocenters. The lowest BCUT2D eigenvalue weighted by Crippen LogP contribution is -2.15. The highest BCUT2D eigenvalue weighted by Gasteiger charge is 2.19. The number of nitrogens with one attached hydrogen (secondary N) is 1. The molecule has 1 saturated carbocycles. The zero-order valence-corrected chi connectivity index (χ0v) is 11.9. The summed E-state index contributed by atoms with van der Waals surface area (Å²) >= 11 is 1.73. The van der Waals surface area contributed by atoms with E-state index in [2.05, 4.69) is 35.4 Å². The summed E-state index contributed by atoms with van der Waals surface area (Å²) in [6.45, 7) is 3.16. The number of pyridine rings is 1. The SMILES string of the molecule is Cc1cc(CNC2CC2)ccc1Sc1ccccn1. The molecule has 0 bridgehead atoms. The summed E-state index contributed by atoms with van der Waals surface area (Å²) in [5.74, 6) is 0. The minimum atomic E-state index is 0.767.